The van der Waals surface area contributed by atoms with Crippen LogP contribution in [0.3, 0.4) is 0 Å². The van der Waals surface area contributed by atoms with Crippen LogP contribution in [0.25, 0.3) is 27.5 Å². The summed E-state index contributed by atoms with van der Waals surface area (Å²) in [7, 11) is 0. The number of nitrogens with one attached hydrogen (secondary N) is 2. The molecule has 6 nitrogen and oxygen atoms in total. The standard InChI is InChI=1S/C26H19ClN4O2/c27-18-6-9-20(10-7-18)31-26(33)22-14-28-23-11-5-17(13-21(23)24(22)30-31)25(32)29-19-8-4-15-2-1-3-16(15)12-19/h4-14,30H,1-3H2,(H,29,32). The minimum absolute atomic E-state index is 0.202. The van der Waals surface area contributed by atoms with Crippen molar-refractivity contribution in [3.63, 3.8) is 0 Å². The fourth-order valence-corrected chi connectivity index (χ4v) is 4.65. The van der Waals surface area contributed by atoms with Gasteiger partial charge in [0.05, 0.1) is 22.1 Å². The largest absolute Gasteiger partial charge is 0.322 e. The van der Waals surface area contributed by atoms with Gasteiger partial charge >= 0.3 is 0 Å². The van der Waals surface area contributed by atoms with E-state index in [-0.39, 0.29) is 11.5 Å². The molecule has 0 atom stereocenters. The van der Waals surface area contributed by atoms with Crippen molar-refractivity contribution in [1.82, 2.24) is 14.8 Å². The SMILES string of the molecule is O=C(Nc1ccc2c(c1)CCC2)c1ccc2ncc3c(=O)n(-c4ccc(Cl)cc4)[nH]c3c2c1. The van der Waals surface area contributed by atoms with Crippen LogP contribution in [0.4, 0.5) is 5.69 Å². The number of hydrogen-bond donors (Lipinski definition) is 2. The number of aromatic nitrogens is 3. The third-order valence-corrected chi connectivity index (χ3v) is 6.48. The van der Waals surface area contributed by atoms with Crippen LogP contribution in [0.1, 0.15) is 27.9 Å². The number of amides is 1. The molecule has 1 amide bonds. The Hall–Kier alpha value is -3.90. The van der Waals surface area contributed by atoms with Crippen molar-refractivity contribution in [2.45, 2.75) is 19.3 Å². The van der Waals surface area contributed by atoms with Crippen LogP contribution in [0.15, 0.2) is 71.7 Å². The van der Waals surface area contributed by atoms with Crippen LogP contribution in [0.5, 0.6) is 0 Å². The maximum atomic E-state index is 13.0. The lowest BCUT2D eigenvalue weighted by Crippen LogP contribution is -2.14. The van der Waals surface area contributed by atoms with Gasteiger partial charge in [-0.25, -0.2) is 4.68 Å². The van der Waals surface area contributed by atoms with E-state index in [4.69, 9.17) is 11.6 Å². The van der Waals surface area contributed by atoms with Crippen molar-refractivity contribution < 1.29 is 4.79 Å². The summed E-state index contributed by atoms with van der Waals surface area (Å²) in [5, 5.41) is 7.93. The Kier molecular flexibility index (Phi) is 4.55. The number of aromatic amines is 1. The molecular weight excluding hydrogens is 436 g/mol. The minimum Gasteiger partial charge on any atom is -0.322 e. The molecule has 0 saturated carbocycles. The van der Waals surface area contributed by atoms with Gasteiger partial charge < -0.3 is 5.32 Å². The summed E-state index contributed by atoms with van der Waals surface area (Å²) >= 11 is 5.98. The predicted octanol–water partition coefficient (Wildman–Crippen LogP) is 5.26. The molecule has 162 valence electrons. The number of rotatable bonds is 3. The second-order valence-corrected chi connectivity index (χ2v) is 8.74. The van der Waals surface area contributed by atoms with Crippen LogP contribution in [-0.2, 0) is 12.8 Å². The summed E-state index contributed by atoms with van der Waals surface area (Å²) in [5.41, 5.74) is 5.73. The summed E-state index contributed by atoms with van der Waals surface area (Å²) in [6.07, 6.45) is 4.88. The highest BCUT2D eigenvalue weighted by Gasteiger charge is 2.16. The first kappa shape index (κ1) is 19.8. The zero-order chi connectivity index (χ0) is 22.5. The van der Waals surface area contributed by atoms with E-state index < -0.39 is 0 Å². The fourth-order valence-electron chi connectivity index (χ4n) is 4.52. The van der Waals surface area contributed by atoms with Gasteiger partial charge in [0.25, 0.3) is 11.5 Å². The summed E-state index contributed by atoms with van der Waals surface area (Å²) in [6.45, 7) is 0. The van der Waals surface area contributed by atoms with Gasteiger partial charge in [0, 0.05) is 27.9 Å². The molecule has 5 aromatic rings. The van der Waals surface area contributed by atoms with Crippen LogP contribution >= 0.6 is 11.6 Å². The van der Waals surface area contributed by atoms with Crippen molar-refractivity contribution in [3.8, 4) is 5.69 Å². The number of anilines is 1. The van der Waals surface area contributed by atoms with Crippen molar-refractivity contribution in [1.29, 1.82) is 0 Å². The average molecular weight is 455 g/mol. The number of H-pyrrole nitrogens is 1. The van der Waals surface area contributed by atoms with E-state index in [1.807, 2.05) is 6.07 Å². The second kappa shape index (κ2) is 7.60. The summed E-state index contributed by atoms with van der Waals surface area (Å²) in [4.78, 5) is 30.4. The molecule has 6 rings (SSSR count). The quantitative estimate of drug-likeness (QED) is 0.390. The molecular formula is C26H19ClN4O2. The Balaban J connectivity index is 1.40. The molecule has 2 N–H and O–H groups in total. The van der Waals surface area contributed by atoms with Gasteiger partial charge in [0.2, 0.25) is 0 Å². The smallest absolute Gasteiger partial charge is 0.280 e. The Morgan fingerprint density at radius 3 is 2.64 bits per heavy atom. The zero-order valence-corrected chi connectivity index (χ0v) is 18.3. The van der Waals surface area contributed by atoms with Crippen LogP contribution in [0, 0.1) is 0 Å². The van der Waals surface area contributed by atoms with Gasteiger partial charge in [-0.2, -0.15) is 0 Å². The Morgan fingerprint density at radius 1 is 0.970 bits per heavy atom. The van der Waals surface area contributed by atoms with E-state index in [1.165, 1.54) is 15.8 Å². The number of pyridine rings is 1. The number of halogens is 1. The lowest BCUT2D eigenvalue weighted by molar-refractivity contribution is 0.102. The molecule has 0 radical (unpaired) electrons. The lowest BCUT2D eigenvalue weighted by atomic mass is 10.1. The first-order valence-electron chi connectivity index (χ1n) is 10.8. The molecule has 33 heavy (non-hydrogen) atoms. The Morgan fingerprint density at radius 2 is 1.79 bits per heavy atom. The van der Waals surface area contributed by atoms with Gasteiger partial charge in [-0.05, 0) is 85.0 Å². The molecule has 0 aliphatic heterocycles. The van der Waals surface area contributed by atoms with Crippen LogP contribution < -0.4 is 10.9 Å². The maximum absolute atomic E-state index is 13.0. The van der Waals surface area contributed by atoms with E-state index in [0.717, 1.165) is 24.9 Å². The number of carbonyl (C=O) groups is 1. The van der Waals surface area contributed by atoms with Crippen LogP contribution in [-0.4, -0.2) is 20.7 Å². The molecule has 2 heterocycles. The first-order valence-corrected chi connectivity index (χ1v) is 11.2. The predicted molar refractivity (Wildman–Crippen MR) is 131 cm³/mol. The molecule has 1 aliphatic carbocycles. The van der Waals surface area contributed by atoms with E-state index in [9.17, 15) is 9.59 Å². The Bertz CT molecular complexity index is 1620. The van der Waals surface area contributed by atoms with Gasteiger partial charge in [0.15, 0.2) is 0 Å². The molecule has 0 spiro atoms. The number of aryl methyl sites for hydroxylation is 2. The van der Waals surface area contributed by atoms with Gasteiger partial charge in [-0.15, -0.1) is 0 Å². The van der Waals surface area contributed by atoms with Gasteiger partial charge in [-0.1, -0.05) is 17.7 Å². The highest BCUT2D eigenvalue weighted by atomic mass is 35.5. The second-order valence-electron chi connectivity index (χ2n) is 8.30. The molecule has 7 heteroatoms. The highest BCUT2D eigenvalue weighted by molar-refractivity contribution is 6.30. The number of benzene rings is 3. The molecule has 0 saturated heterocycles. The number of fused-ring (bicyclic) bond motifs is 4. The fraction of sp³-hybridized carbons (Fsp3) is 0.115. The minimum atomic E-state index is -0.213. The number of carbonyl (C=O) groups excluding carboxylic acids is 1. The number of hydrogen-bond acceptors (Lipinski definition) is 3. The van der Waals surface area contributed by atoms with Crippen molar-refractivity contribution in [3.05, 3.63) is 98.9 Å². The van der Waals surface area contributed by atoms with E-state index in [1.54, 1.807) is 48.7 Å². The molecule has 0 bridgehead atoms. The first-order chi connectivity index (χ1) is 16.1. The Labute approximate surface area is 193 Å². The molecule has 0 fully saturated rings. The average Bonchev–Trinajstić information content (AvgIpc) is 3.43. The van der Waals surface area contributed by atoms with Crippen molar-refractivity contribution in [2.24, 2.45) is 0 Å². The highest BCUT2D eigenvalue weighted by Crippen LogP contribution is 2.26. The maximum Gasteiger partial charge on any atom is 0.280 e. The third-order valence-electron chi connectivity index (χ3n) is 6.23. The lowest BCUT2D eigenvalue weighted by Gasteiger charge is -2.08. The number of nitrogens with zero attached hydrogens (tertiary/aromatic N) is 2. The third kappa shape index (κ3) is 3.39. The normalized spacial score (nSPS) is 12.9. The monoisotopic (exact) mass is 454 g/mol. The van der Waals surface area contributed by atoms with Gasteiger partial charge in [0.1, 0.15) is 0 Å². The van der Waals surface area contributed by atoms with E-state index in [2.05, 4.69) is 27.5 Å². The van der Waals surface area contributed by atoms with Crippen molar-refractivity contribution in [2.75, 3.05) is 5.32 Å². The van der Waals surface area contributed by atoms with Gasteiger partial charge in [-0.3, -0.25) is 19.7 Å². The van der Waals surface area contributed by atoms with Crippen molar-refractivity contribution >= 4 is 45.0 Å². The van der Waals surface area contributed by atoms with Crippen LogP contribution in [0.2, 0.25) is 5.02 Å². The summed E-state index contributed by atoms with van der Waals surface area (Å²) < 4.78 is 1.46. The van der Waals surface area contributed by atoms with E-state index in [0.29, 0.717) is 38.1 Å². The summed E-state index contributed by atoms with van der Waals surface area (Å²) in [5.74, 6) is -0.202. The molecule has 2 aromatic heterocycles. The molecule has 3 aromatic carbocycles. The molecule has 0 unspecified atom stereocenters. The molecule has 1 aliphatic rings. The summed E-state index contributed by atoms with van der Waals surface area (Å²) in [6, 6.07) is 18.4. The topological polar surface area (TPSA) is 79.8 Å². The van der Waals surface area contributed by atoms with E-state index >= 15 is 0 Å². The zero-order valence-electron chi connectivity index (χ0n) is 17.6.